The molecule has 14 atom stereocenters. The summed E-state index contributed by atoms with van der Waals surface area (Å²) in [5, 5.41) is 112. The summed E-state index contributed by atoms with van der Waals surface area (Å²) in [6, 6.07) is 15.1. The topological polar surface area (TPSA) is 510 Å². The SMILES string of the molecule is COC(=O)[C@H]1NC(=O)[C@H]2NC(=O)[C@H](NC(=O)[C@@H]3NC(=O)[C@H]4NC(=O)[C@H](NC(=O)[C@H](n5cc6ccccc6c5S[C@@H]5O[C@H](COC(C)=O)[C@@H](OC(C)=O)[C@H](OC(C)=O)[C@H]5OC(C)=O)c5ccc(O)c(c5)Oc5cc4cc(O)c5C)[C@H](O)c4ccc(cc4)Oc4cc3cc(c4O)Oc3ccc(cc3)[C@H]2O)c2ccc(O)c(c2)-c2c(O)cc(O)cc21. The van der Waals surface area contributed by atoms with Gasteiger partial charge in [0.15, 0.2) is 52.8 Å². The molecule has 8 heterocycles. The predicted molar refractivity (Wildman–Crippen MR) is 406 cm³/mol. The van der Waals surface area contributed by atoms with Crippen molar-refractivity contribution in [1.29, 1.82) is 0 Å². The van der Waals surface area contributed by atoms with E-state index < -0.39 is 219 Å². The number of hydrogen-bond donors (Lipinski definition) is 14. The Balaban J connectivity index is 0.937. The molecule has 1 aromatic heterocycles. The summed E-state index contributed by atoms with van der Waals surface area (Å²) in [4.78, 5) is 161. The standard InChI is InChI=1S/C82H73N7O28S/c1-33-53(97)24-43-26-55(33)116-56-25-41(16-22-52(56)96)67(89-31-42-9-7-8-10-48(42)80(89)118-82-73(113-37(5)93)72(112-36(4)92)71(111-35(3)91)59(117-82)32-110-34(2)90)79(107)88-66-69(100)39-13-19-47(20-14-39)115-58-28-44-27-57(70(58)101)114-46-17-11-38(12-18-46)68(99)65-78(106)86-64(81(108)109-6)50-29-45(94)30-54(98)60(50)49-23-40(15-21-51(49)95)61(74(102)87-65)83-76(104)63(44)84-75(103)62(43)85-77(66)105/h7-31,59,61-69,71-73,82,94-101H,32H2,1-6H3,(H,83,104)(H,84,103)(H,85,105)(H,86,106)(H,87,102)(H,88,107)/t59-,61-,62+,63-,64+,65+,66-,67-,68-,69-,71-,72+,73-,82+/m1/s1. The van der Waals surface area contributed by atoms with Gasteiger partial charge in [-0.05, 0) is 119 Å². The zero-order valence-electron chi connectivity index (χ0n) is 62.8. The fourth-order valence-corrected chi connectivity index (χ4v) is 15.9. The number of nitrogens with zero attached hydrogens (tertiary/aromatic N) is 1. The van der Waals surface area contributed by atoms with Crippen LogP contribution in [0, 0.1) is 6.92 Å². The number of nitrogens with one attached hydrogen (secondary N) is 6. The van der Waals surface area contributed by atoms with Crippen molar-refractivity contribution in [1.82, 2.24) is 36.5 Å². The van der Waals surface area contributed by atoms with Gasteiger partial charge >= 0.3 is 29.8 Å². The molecule has 7 aliphatic rings. The minimum Gasteiger partial charge on any atom is -0.508 e. The fourth-order valence-electron chi connectivity index (χ4n) is 14.5. The summed E-state index contributed by atoms with van der Waals surface area (Å²) in [5.41, 5.74) is -4.08. The minimum atomic E-state index is -2.26. The molecule has 118 heavy (non-hydrogen) atoms. The number of esters is 5. The quantitative estimate of drug-likeness (QED) is 0.0558. The Morgan fingerprint density at radius 3 is 1.61 bits per heavy atom. The van der Waals surface area contributed by atoms with Crippen LogP contribution in [-0.2, 0) is 81.2 Å². The molecule has 0 aliphatic carbocycles. The largest absolute Gasteiger partial charge is 0.508 e. The molecule has 6 amide bonds. The molecule has 7 aliphatic heterocycles. The minimum absolute atomic E-state index is 0.0429. The Kier molecular flexibility index (Phi) is 22.3. The van der Waals surface area contributed by atoms with Crippen LogP contribution in [0.2, 0.25) is 0 Å². The molecule has 610 valence electrons. The Hall–Kier alpha value is -14.1. The second-order valence-electron chi connectivity index (χ2n) is 28.1. The number of amides is 6. The summed E-state index contributed by atoms with van der Waals surface area (Å²) in [5.74, 6) is -18.8. The van der Waals surface area contributed by atoms with Gasteiger partial charge in [0.05, 0.1) is 12.1 Å². The Bertz CT molecular complexity index is 5620. The third-order valence-electron chi connectivity index (χ3n) is 20.1. The van der Waals surface area contributed by atoms with Crippen molar-refractivity contribution in [3.05, 3.63) is 196 Å². The average Bonchev–Trinajstić information content (AvgIpc) is 1.38. The lowest BCUT2D eigenvalue weighted by molar-refractivity contribution is -0.237. The molecule has 1 saturated heterocycles. The number of fused-ring (bicyclic) bond motifs is 15. The maximum Gasteiger partial charge on any atom is 0.333 e. The van der Waals surface area contributed by atoms with E-state index in [4.69, 9.17) is 42.6 Å². The number of aliphatic hydroxyl groups excluding tert-OH is 2. The lowest BCUT2D eigenvalue weighted by Crippen LogP contribution is -2.61. The van der Waals surface area contributed by atoms with Crippen LogP contribution in [0.5, 0.6) is 69.0 Å². The first kappa shape index (κ1) is 80.5. The van der Waals surface area contributed by atoms with Crippen molar-refractivity contribution in [2.75, 3.05) is 13.7 Å². The number of methoxy groups -OCH3 is 1. The highest BCUT2D eigenvalue weighted by Crippen LogP contribution is 2.50. The van der Waals surface area contributed by atoms with Crippen LogP contribution < -0.4 is 46.1 Å². The number of carbonyl (C=O) groups is 11. The van der Waals surface area contributed by atoms with E-state index in [1.165, 1.54) is 84.4 Å². The first-order chi connectivity index (χ1) is 56.3. The predicted octanol–water partition coefficient (Wildman–Crippen LogP) is 6.29. The fraction of sp³-hybridized carbons (Fsp3) is 0.256. The van der Waals surface area contributed by atoms with Gasteiger partial charge in [0, 0.05) is 73.0 Å². The summed E-state index contributed by atoms with van der Waals surface area (Å²) in [7, 11) is 0.957. The average molecular weight is 1640 g/mol. The van der Waals surface area contributed by atoms with Crippen LogP contribution in [0.15, 0.2) is 157 Å². The van der Waals surface area contributed by atoms with Crippen molar-refractivity contribution in [2.45, 2.75) is 124 Å². The molecule has 35 nitrogen and oxygen atoms in total. The van der Waals surface area contributed by atoms with E-state index >= 15 is 24.0 Å². The van der Waals surface area contributed by atoms with E-state index in [0.29, 0.717) is 10.8 Å². The molecule has 8 aromatic carbocycles. The maximum atomic E-state index is 16.4. The monoisotopic (exact) mass is 1640 g/mol. The van der Waals surface area contributed by atoms with Crippen molar-refractivity contribution in [3.63, 3.8) is 0 Å². The molecule has 36 heteroatoms. The Morgan fingerprint density at radius 2 is 1.00 bits per heavy atom. The molecule has 0 unspecified atom stereocenters. The first-order valence-electron chi connectivity index (χ1n) is 36.3. The highest BCUT2D eigenvalue weighted by atomic mass is 32.2. The summed E-state index contributed by atoms with van der Waals surface area (Å²) in [6.07, 6.45) is -9.11. The summed E-state index contributed by atoms with van der Waals surface area (Å²) >= 11 is 0.777. The summed E-state index contributed by atoms with van der Waals surface area (Å²) in [6.45, 7) is 4.98. The van der Waals surface area contributed by atoms with Crippen LogP contribution in [0.25, 0.3) is 21.9 Å². The molecular formula is C82H73N7O28S. The van der Waals surface area contributed by atoms with Crippen molar-refractivity contribution >= 4 is 87.8 Å². The van der Waals surface area contributed by atoms with Crippen LogP contribution in [0.4, 0.5) is 0 Å². The molecule has 0 spiro atoms. The van der Waals surface area contributed by atoms with Crippen molar-refractivity contribution in [3.8, 4) is 80.1 Å². The van der Waals surface area contributed by atoms with E-state index in [2.05, 4.69) is 31.9 Å². The van der Waals surface area contributed by atoms with E-state index in [0.717, 1.165) is 101 Å². The molecule has 0 radical (unpaired) electrons. The molecule has 14 N–H and O–H groups in total. The lowest BCUT2D eigenvalue weighted by Gasteiger charge is -2.44. The maximum absolute atomic E-state index is 16.4. The Labute approximate surface area is 671 Å². The second kappa shape index (κ2) is 32.7. The van der Waals surface area contributed by atoms with Crippen LogP contribution >= 0.6 is 11.8 Å². The van der Waals surface area contributed by atoms with Crippen LogP contribution in [0.1, 0.15) is 115 Å². The van der Waals surface area contributed by atoms with E-state index in [1.807, 2.05) is 0 Å². The normalized spacial score (nSPS) is 23.5. The summed E-state index contributed by atoms with van der Waals surface area (Å²) < 4.78 is 54.9. The van der Waals surface area contributed by atoms with Crippen LogP contribution in [0.3, 0.4) is 0 Å². The molecule has 17 bridgehead atoms. The number of thioether (sulfide) groups is 1. The highest BCUT2D eigenvalue weighted by Gasteiger charge is 2.54. The van der Waals surface area contributed by atoms with Crippen molar-refractivity contribution in [2.24, 2.45) is 0 Å². The van der Waals surface area contributed by atoms with Gasteiger partial charge < -0.3 is 120 Å². The number of aromatic nitrogens is 1. The van der Waals surface area contributed by atoms with Gasteiger partial charge in [-0.15, -0.1) is 0 Å². The van der Waals surface area contributed by atoms with E-state index in [1.54, 1.807) is 24.3 Å². The smallest absolute Gasteiger partial charge is 0.333 e. The zero-order valence-corrected chi connectivity index (χ0v) is 63.6. The van der Waals surface area contributed by atoms with Crippen molar-refractivity contribution < 1.29 is 136 Å². The van der Waals surface area contributed by atoms with Gasteiger partial charge in [-0.1, -0.05) is 72.4 Å². The van der Waals surface area contributed by atoms with Gasteiger partial charge in [0.1, 0.15) is 101 Å². The zero-order chi connectivity index (χ0) is 84.1. The van der Waals surface area contributed by atoms with Gasteiger partial charge in [0.25, 0.3) is 0 Å². The van der Waals surface area contributed by atoms with Gasteiger partial charge in [-0.25, -0.2) is 4.79 Å². The van der Waals surface area contributed by atoms with Gasteiger partial charge in [0.2, 0.25) is 41.2 Å². The highest BCUT2D eigenvalue weighted by molar-refractivity contribution is 8.00. The molecule has 1 fully saturated rings. The molecule has 16 rings (SSSR count). The third kappa shape index (κ3) is 16.1. The number of benzene rings is 8. The number of carbonyl (C=O) groups excluding carboxylic acids is 11. The first-order valence-corrected chi connectivity index (χ1v) is 37.2. The van der Waals surface area contributed by atoms with E-state index in [-0.39, 0.29) is 66.8 Å². The lowest BCUT2D eigenvalue weighted by atomic mass is 9.89. The number of rotatable bonds is 9. The molecular weight excluding hydrogens is 1560 g/mol. The molecule has 9 aromatic rings. The third-order valence-corrected chi connectivity index (χ3v) is 21.4. The Morgan fingerprint density at radius 1 is 0.483 bits per heavy atom. The van der Waals surface area contributed by atoms with Gasteiger partial charge in [-0.2, -0.15) is 0 Å². The molecule has 0 saturated carbocycles. The van der Waals surface area contributed by atoms with E-state index in [9.17, 15) is 69.6 Å². The second-order valence-corrected chi connectivity index (χ2v) is 29.2. The number of phenolic OH excluding ortho intramolecular Hbond substituents is 6. The van der Waals surface area contributed by atoms with Gasteiger partial charge in [-0.3, -0.25) is 47.9 Å². The number of aromatic hydroxyl groups is 6. The van der Waals surface area contributed by atoms with Crippen LogP contribution in [-0.4, -0.2) is 166 Å². The number of aliphatic hydroxyl groups is 2. The number of ether oxygens (including phenoxy) is 9. The number of phenols is 6. The number of hydrogen-bond acceptors (Lipinski definition) is 29.